The van der Waals surface area contributed by atoms with E-state index in [9.17, 15) is 9.59 Å². The molecule has 0 bridgehead atoms. The van der Waals surface area contributed by atoms with Gasteiger partial charge in [0.25, 0.3) is 0 Å². The molecular weight excluding hydrogens is 244 g/mol. The van der Waals surface area contributed by atoms with Gasteiger partial charge < -0.3 is 15.7 Å². The normalized spacial score (nSPS) is 17.9. The van der Waals surface area contributed by atoms with E-state index >= 15 is 0 Å². The molecule has 1 unspecified atom stereocenters. The molecule has 1 aliphatic rings. The van der Waals surface area contributed by atoms with Gasteiger partial charge in [-0.1, -0.05) is 6.92 Å². The molecule has 5 heteroatoms. The number of amides is 1. The van der Waals surface area contributed by atoms with Crippen molar-refractivity contribution in [3.63, 3.8) is 0 Å². The molecule has 1 amide bonds. The number of carbonyl (C=O) groups is 2. The van der Waals surface area contributed by atoms with E-state index in [1.54, 1.807) is 0 Å². The van der Waals surface area contributed by atoms with Crippen molar-refractivity contribution in [1.29, 1.82) is 0 Å². The smallest absolute Gasteiger partial charge is 0.303 e. The number of aliphatic carboxylic acids is 1. The fraction of sp³-hybridized carbons (Fsp3) is 0.857. The maximum atomic E-state index is 11.7. The van der Waals surface area contributed by atoms with Crippen LogP contribution in [0.4, 0.5) is 0 Å². The standard InChI is InChI=1S/C14H26N2O3/c1-11(2-3-14(18)19)4-9-16-13(17)10-12-5-7-15-8-6-12/h11-12,15H,2-10H2,1H3,(H,16,17)(H,18,19). The van der Waals surface area contributed by atoms with Crippen molar-refractivity contribution in [2.45, 2.75) is 45.4 Å². The SMILES string of the molecule is CC(CCNC(=O)CC1CCNCC1)CCC(=O)O. The van der Waals surface area contributed by atoms with Crippen LogP contribution in [0.5, 0.6) is 0 Å². The van der Waals surface area contributed by atoms with E-state index in [0.29, 0.717) is 31.2 Å². The third kappa shape index (κ3) is 7.82. The summed E-state index contributed by atoms with van der Waals surface area (Å²) in [6, 6.07) is 0. The molecule has 0 aromatic rings. The molecule has 0 aromatic heterocycles. The first-order valence-electron chi connectivity index (χ1n) is 7.27. The lowest BCUT2D eigenvalue weighted by molar-refractivity contribution is -0.137. The summed E-state index contributed by atoms with van der Waals surface area (Å²) in [6.45, 7) is 4.72. The molecule has 5 nitrogen and oxygen atoms in total. The molecule has 110 valence electrons. The summed E-state index contributed by atoms with van der Waals surface area (Å²) in [4.78, 5) is 22.2. The zero-order chi connectivity index (χ0) is 14.1. The summed E-state index contributed by atoms with van der Waals surface area (Å²) in [5.74, 6) is 0.250. The predicted molar refractivity (Wildman–Crippen MR) is 73.9 cm³/mol. The van der Waals surface area contributed by atoms with Crippen LogP contribution in [0.15, 0.2) is 0 Å². The molecule has 1 fully saturated rings. The quantitative estimate of drug-likeness (QED) is 0.622. The second kappa shape index (κ2) is 8.91. The third-order valence-electron chi connectivity index (χ3n) is 3.74. The Morgan fingerprint density at radius 1 is 1.32 bits per heavy atom. The molecule has 19 heavy (non-hydrogen) atoms. The van der Waals surface area contributed by atoms with E-state index in [1.165, 1.54) is 0 Å². The van der Waals surface area contributed by atoms with Crippen LogP contribution < -0.4 is 10.6 Å². The van der Waals surface area contributed by atoms with E-state index in [1.807, 2.05) is 6.92 Å². The number of hydrogen-bond acceptors (Lipinski definition) is 3. The van der Waals surface area contributed by atoms with E-state index in [4.69, 9.17) is 5.11 Å². The Morgan fingerprint density at radius 3 is 2.63 bits per heavy atom. The van der Waals surface area contributed by atoms with Crippen molar-refractivity contribution >= 4 is 11.9 Å². The zero-order valence-corrected chi connectivity index (χ0v) is 11.8. The number of hydrogen-bond donors (Lipinski definition) is 3. The molecule has 1 saturated heterocycles. The largest absolute Gasteiger partial charge is 0.481 e. The van der Waals surface area contributed by atoms with Gasteiger partial charge in [-0.25, -0.2) is 0 Å². The maximum absolute atomic E-state index is 11.7. The van der Waals surface area contributed by atoms with Crippen LogP contribution in [0.25, 0.3) is 0 Å². The van der Waals surface area contributed by atoms with Gasteiger partial charge in [0.1, 0.15) is 0 Å². The van der Waals surface area contributed by atoms with E-state index < -0.39 is 5.97 Å². The molecule has 1 heterocycles. The number of carboxylic acids is 1. The highest BCUT2D eigenvalue weighted by Gasteiger charge is 2.16. The fourth-order valence-electron chi connectivity index (χ4n) is 2.39. The van der Waals surface area contributed by atoms with Crippen LogP contribution in [0.3, 0.4) is 0 Å². The average molecular weight is 270 g/mol. The van der Waals surface area contributed by atoms with Crippen LogP contribution >= 0.6 is 0 Å². The maximum Gasteiger partial charge on any atom is 0.303 e. The van der Waals surface area contributed by atoms with Crippen LogP contribution in [-0.2, 0) is 9.59 Å². The van der Waals surface area contributed by atoms with Gasteiger partial charge in [-0.3, -0.25) is 9.59 Å². The Kier molecular flexibility index (Phi) is 7.48. The molecule has 0 saturated carbocycles. The van der Waals surface area contributed by atoms with Crippen molar-refractivity contribution in [2.24, 2.45) is 11.8 Å². The first-order valence-corrected chi connectivity index (χ1v) is 7.27. The summed E-state index contributed by atoms with van der Waals surface area (Å²) in [7, 11) is 0. The average Bonchev–Trinajstić information content (AvgIpc) is 2.37. The number of carboxylic acid groups (broad SMARTS) is 1. The Labute approximate surface area is 115 Å². The van der Waals surface area contributed by atoms with Crippen molar-refractivity contribution < 1.29 is 14.7 Å². The van der Waals surface area contributed by atoms with Crippen LogP contribution in [0.1, 0.15) is 45.4 Å². The molecule has 3 N–H and O–H groups in total. The molecular formula is C14H26N2O3. The van der Waals surface area contributed by atoms with Crippen molar-refractivity contribution in [3.8, 4) is 0 Å². The first-order chi connectivity index (χ1) is 9.08. The molecule has 0 radical (unpaired) electrons. The van der Waals surface area contributed by atoms with Gasteiger partial charge >= 0.3 is 5.97 Å². The van der Waals surface area contributed by atoms with Crippen LogP contribution in [-0.4, -0.2) is 36.6 Å². The van der Waals surface area contributed by atoms with Crippen molar-refractivity contribution in [2.75, 3.05) is 19.6 Å². The third-order valence-corrected chi connectivity index (χ3v) is 3.74. The second-order valence-corrected chi connectivity index (χ2v) is 5.57. The van der Waals surface area contributed by atoms with E-state index in [2.05, 4.69) is 10.6 Å². The minimum absolute atomic E-state index is 0.136. The van der Waals surface area contributed by atoms with Crippen molar-refractivity contribution in [3.05, 3.63) is 0 Å². The fourth-order valence-corrected chi connectivity index (χ4v) is 2.39. The summed E-state index contributed by atoms with van der Waals surface area (Å²) < 4.78 is 0. The van der Waals surface area contributed by atoms with E-state index in [0.717, 1.165) is 32.4 Å². The van der Waals surface area contributed by atoms with Crippen molar-refractivity contribution in [1.82, 2.24) is 10.6 Å². The number of rotatable bonds is 8. The van der Waals surface area contributed by atoms with Crippen LogP contribution in [0.2, 0.25) is 0 Å². The summed E-state index contributed by atoms with van der Waals surface area (Å²) >= 11 is 0. The van der Waals surface area contributed by atoms with Crippen LogP contribution in [0, 0.1) is 11.8 Å². The lowest BCUT2D eigenvalue weighted by atomic mass is 9.94. The molecule has 0 spiro atoms. The zero-order valence-electron chi connectivity index (χ0n) is 11.8. The summed E-state index contributed by atoms with van der Waals surface area (Å²) in [6.07, 6.45) is 4.55. The molecule has 0 aromatic carbocycles. The number of piperidine rings is 1. The minimum atomic E-state index is -0.748. The predicted octanol–water partition coefficient (Wildman–Crippen LogP) is 1.38. The summed E-state index contributed by atoms with van der Waals surface area (Å²) in [5, 5.41) is 14.8. The van der Waals surface area contributed by atoms with Gasteiger partial charge in [0.15, 0.2) is 0 Å². The van der Waals surface area contributed by atoms with E-state index in [-0.39, 0.29) is 12.3 Å². The Morgan fingerprint density at radius 2 is 2.00 bits per heavy atom. The Balaban J connectivity index is 2.04. The van der Waals surface area contributed by atoms with Gasteiger partial charge in [-0.05, 0) is 50.6 Å². The molecule has 1 atom stereocenters. The van der Waals surface area contributed by atoms with Gasteiger partial charge in [-0.2, -0.15) is 0 Å². The summed E-state index contributed by atoms with van der Waals surface area (Å²) in [5.41, 5.74) is 0. The highest BCUT2D eigenvalue weighted by atomic mass is 16.4. The second-order valence-electron chi connectivity index (χ2n) is 5.57. The monoisotopic (exact) mass is 270 g/mol. The molecule has 1 rings (SSSR count). The number of carbonyl (C=O) groups excluding carboxylic acids is 1. The van der Waals surface area contributed by atoms with Gasteiger partial charge in [0.05, 0.1) is 0 Å². The number of nitrogens with one attached hydrogen (secondary N) is 2. The van der Waals surface area contributed by atoms with Gasteiger partial charge in [0.2, 0.25) is 5.91 Å². The molecule has 0 aliphatic carbocycles. The van der Waals surface area contributed by atoms with Gasteiger partial charge in [0, 0.05) is 19.4 Å². The Bertz CT molecular complexity index is 288. The Hall–Kier alpha value is -1.10. The minimum Gasteiger partial charge on any atom is -0.481 e. The highest BCUT2D eigenvalue weighted by molar-refractivity contribution is 5.76. The first kappa shape index (κ1) is 16.0. The topological polar surface area (TPSA) is 78.4 Å². The lowest BCUT2D eigenvalue weighted by Gasteiger charge is -2.22. The highest BCUT2D eigenvalue weighted by Crippen LogP contribution is 2.15. The molecule has 1 aliphatic heterocycles. The lowest BCUT2D eigenvalue weighted by Crippen LogP contribution is -2.32. The van der Waals surface area contributed by atoms with Gasteiger partial charge in [-0.15, -0.1) is 0 Å².